The molecule has 110 valence electrons. The topological polar surface area (TPSA) is 3.24 Å². The first kappa shape index (κ1) is 13.3. The average molecular weight is 291 g/mol. The predicted molar refractivity (Wildman–Crippen MR) is 88.5 cm³/mol. The molecule has 1 heterocycles. The van der Waals surface area contributed by atoms with E-state index in [9.17, 15) is 4.39 Å². The van der Waals surface area contributed by atoms with Crippen molar-refractivity contribution >= 4 is 5.57 Å². The molecule has 2 unspecified atom stereocenters. The van der Waals surface area contributed by atoms with Crippen LogP contribution < -0.4 is 0 Å². The van der Waals surface area contributed by atoms with E-state index in [1.807, 2.05) is 12.1 Å². The van der Waals surface area contributed by atoms with Crippen LogP contribution in [0.2, 0.25) is 0 Å². The number of allylic oxidation sites excluding steroid dienone is 6. The second-order valence-corrected chi connectivity index (χ2v) is 5.92. The number of halogens is 1. The molecule has 0 saturated carbocycles. The molecule has 1 aromatic carbocycles. The van der Waals surface area contributed by atoms with Gasteiger partial charge in [0.15, 0.2) is 0 Å². The van der Waals surface area contributed by atoms with Gasteiger partial charge in [0.2, 0.25) is 0 Å². The van der Waals surface area contributed by atoms with Gasteiger partial charge in [0, 0.05) is 18.2 Å². The molecule has 3 aliphatic rings. The normalized spacial score (nSPS) is 25.6. The summed E-state index contributed by atoms with van der Waals surface area (Å²) < 4.78 is 13.2. The summed E-state index contributed by atoms with van der Waals surface area (Å²) in [4.78, 5) is 2.36. The molecule has 0 spiro atoms. The van der Waals surface area contributed by atoms with Crippen molar-refractivity contribution in [3.05, 3.63) is 89.4 Å². The lowest BCUT2D eigenvalue weighted by Gasteiger charge is -2.31. The van der Waals surface area contributed by atoms with Crippen molar-refractivity contribution in [3.63, 3.8) is 0 Å². The molecule has 0 amide bonds. The first-order valence-corrected chi connectivity index (χ1v) is 7.73. The molecule has 2 atom stereocenters. The molecule has 1 fully saturated rings. The molecular formula is C20H18FN. The third kappa shape index (κ3) is 1.77. The van der Waals surface area contributed by atoms with E-state index in [2.05, 4.69) is 48.8 Å². The SMILES string of the molecule is C=C1C2=CC=CC3=C(c4ccc(F)cc4)C=CC(C23)N1CC. The Morgan fingerprint density at radius 1 is 1.18 bits per heavy atom. The van der Waals surface area contributed by atoms with E-state index >= 15 is 0 Å². The van der Waals surface area contributed by atoms with Crippen LogP contribution in [0.5, 0.6) is 0 Å². The molecule has 0 aromatic heterocycles. The molecule has 1 aliphatic heterocycles. The second kappa shape index (κ2) is 4.84. The third-order valence-electron chi connectivity index (χ3n) is 4.87. The number of likely N-dealkylation sites (N-methyl/N-ethyl adjacent to an activating group) is 1. The van der Waals surface area contributed by atoms with Crippen LogP contribution in [0.3, 0.4) is 0 Å². The highest BCUT2D eigenvalue weighted by molar-refractivity contribution is 5.82. The van der Waals surface area contributed by atoms with Gasteiger partial charge in [-0.05, 0) is 41.3 Å². The van der Waals surface area contributed by atoms with Crippen LogP contribution in [0.15, 0.2) is 78.1 Å². The second-order valence-electron chi connectivity index (χ2n) is 5.92. The highest BCUT2D eigenvalue weighted by Crippen LogP contribution is 2.48. The molecule has 4 rings (SSSR count). The van der Waals surface area contributed by atoms with E-state index in [1.54, 1.807) is 0 Å². The maximum atomic E-state index is 13.2. The van der Waals surface area contributed by atoms with Gasteiger partial charge in [-0.1, -0.05) is 49.1 Å². The molecule has 2 heteroatoms. The molecule has 0 radical (unpaired) electrons. The van der Waals surface area contributed by atoms with Crippen molar-refractivity contribution < 1.29 is 4.39 Å². The summed E-state index contributed by atoms with van der Waals surface area (Å²) in [7, 11) is 0. The van der Waals surface area contributed by atoms with Crippen LogP contribution in [-0.2, 0) is 0 Å². The van der Waals surface area contributed by atoms with Crippen molar-refractivity contribution in [2.75, 3.05) is 6.54 Å². The minimum atomic E-state index is -0.196. The zero-order valence-electron chi connectivity index (χ0n) is 12.6. The summed E-state index contributed by atoms with van der Waals surface area (Å²) in [5, 5.41) is 0. The molecule has 22 heavy (non-hydrogen) atoms. The zero-order valence-corrected chi connectivity index (χ0v) is 12.6. The van der Waals surface area contributed by atoms with Crippen molar-refractivity contribution in [2.24, 2.45) is 5.92 Å². The Labute approximate surface area is 130 Å². The lowest BCUT2D eigenvalue weighted by molar-refractivity contribution is 0.328. The lowest BCUT2D eigenvalue weighted by atomic mass is 9.77. The Balaban J connectivity index is 1.85. The van der Waals surface area contributed by atoms with Gasteiger partial charge in [-0.3, -0.25) is 0 Å². The molecule has 1 saturated heterocycles. The number of hydrogen-bond acceptors (Lipinski definition) is 1. The van der Waals surface area contributed by atoms with E-state index < -0.39 is 0 Å². The number of benzene rings is 1. The fourth-order valence-corrected chi connectivity index (χ4v) is 3.86. The summed E-state index contributed by atoms with van der Waals surface area (Å²) in [6.07, 6.45) is 10.9. The average Bonchev–Trinajstić information content (AvgIpc) is 2.83. The fraction of sp³-hybridized carbons (Fsp3) is 0.200. The molecule has 0 N–H and O–H groups in total. The van der Waals surface area contributed by atoms with Crippen molar-refractivity contribution in [3.8, 4) is 0 Å². The van der Waals surface area contributed by atoms with Crippen LogP contribution in [0.4, 0.5) is 4.39 Å². The van der Waals surface area contributed by atoms with E-state index in [4.69, 9.17) is 0 Å². The van der Waals surface area contributed by atoms with Gasteiger partial charge < -0.3 is 4.90 Å². The van der Waals surface area contributed by atoms with Gasteiger partial charge in [-0.25, -0.2) is 4.39 Å². The van der Waals surface area contributed by atoms with Crippen molar-refractivity contribution in [1.29, 1.82) is 0 Å². The number of rotatable bonds is 2. The van der Waals surface area contributed by atoms with E-state index in [-0.39, 0.29) is 5.82 Å². The Hall–Kier alpha value is -2.35. The Morgan fingerprint density at radius 2 is 1.95 bits per heavy atom. The Bertz CT molecular complexity index is 761. The smallest absolute Gasteiger partial charge is 0.123 e. The zero-order chi connectivity index (χ0) is 15.3. The molecule has 2 aliphatic carbocycles. The van der Waals surface area contributed by atoms with E-state index in [0.29, 0.717) is 12.0 Å². The van der Waals surface area contributed by atoms with Crippen molar-refractivity contribution in [1.82, 2.24) is 4.90 Å². The highest BCUT2D eigenvalue weighted by Gasteiger charge is 2.42. The highest BCUT2D eigenvalue weighted by atomic mass is 19.1. The quantitative estimate of drug-likeness (QED) is 0.776. The summed E-state index contributed by atoms with van der Waals surface area (Å²) in [6.45, 7) is 7.41. The summed E-state index contributed by atoms with van der Waals surface area (Å²) in [5.74, 6) is 0.153. The summed E-state index contributed by atoms with van der Waals surface area (Å²) >= 11 is 0. The summed E-state index contributed by atoms with van der Waals surface area (Å²) in [6, 6.07) is 7.12. The first-order chi connectivity index (χ1) is 10.7. The number of hydrogen-bond donors (Lipinski definition) is 0. The maximum Gasteiger partial charge on any atom is 0.123 e. The Kier molecular flexibility index (Phi) is 2.93. The van der Waals surface area contributed by atoms with Crippen LogP contribution >= 0.6 is 0 Å². The van der Waals surface area contributed by atoms with Gasteiger partial charge in [-0.2, -0.15) is 0 Å². The van der Waals surface area contributed by atoms with Gasteiger partial charge in [0.1, 0.15) is 5.82 Å². The molecular weight excluding hydrogens is 273 g/mol. The standard InChI is InChI=1S/C20H18FN/c1-3-22-13(2)16-5-4-6-18-17(11-12-19(22)20(16)18)14-7-9-15(21)10-8-14/h4-12,19-20H,2-3H2,1H3. The number of nitrogens with zero attached hydrogens (tertiary/aromatic N) is 1. The fourth-order valence-electron chi connectivity index (χ4n) is 3.86. The van der Waals surface area contributed by atoms with Gasteiger partial charge in [0.05, 0.1) is 6.04 Å². The molecule has 1 aromatic rings. The molecule has 0 bridgehead atoms. The van der Waals surface area contributed by atoms with Gasteiger partial charge in [-0.15, -0.1) is 0 Å². The van der Waals surface area contributed by atoms with Gasteiger partial charge >= 0.3 is 0 Å². The minimum Gasteiger partial charge on any atom is -0.365 e. The lowest BCUT2D eigenvalue weighted by Crippen LogP contribution is -2.32. The minimum absolute atomic E-state index is 0.196. The monoisotopic (exact) mass is 291 g/mol. The first-order valence-electron chi connectivity index (χ1n) is 7.73. The Morgan fingerprint density at radius 3 is 2.68 bits per heavy atom. The van der Waals surface area contributed by atoms with Crippen LogP contribution in [0.1, 0.15) is 12.5 Å². The van der Waals surface area contributed by atoms with Crippen LogP contribution in [0.25, 0.3) is 5.57 Å². The molecule has 1 nitrogen and oxygen atoms in total. The van der Waals surface area contributed by atoms with Gasteiger partial charge in [0.25, 0.3) is 0 Å². The van der Waals surface area contributed by atoms with E-state index in [1.165, 1.54) is 28.9 Å². The number of likely N-dealkylation sites (tertiary alicyclic amines) is 1. The summed E-state index contributed by atoms with van der Waals surface area (Å²) in [5.41, 5.74) is 6.01. The van der Waals surface area contributed by atoms with Crippen molar-refractivity contribution in [2.45, 2.75) is 13.0 Å². The van der Waals surface area contributed by atoms with Crippen LogP contribution in [-0.4, -0.2) is 17.5 Å². The van der Waals surface area contributed by atoms with E-state index in [0.717, 1.165) is 17.8 Å². The predicted octanol–water partition coefficient (Wildman–Crippen LogP) is 4.48. The largest absolute Gasteiger partial charge is 0.365 e. The maximum absolute atomic E-state index is 13.2. The van der Waals surface area contributed by atoms with Crippen LogP contribution in [0, 0.1) is 11.7 Å². The third-order valence-corrected chi connectivity index (χ3v) is 4.87.